The normalized spacial score (nSPS) is 17.0. The number of carbonyl (C=O) groups is 1. The SMILES string of the molecule is CCC(CC)c1cc[n+](CC(=O)c2cc(C)n(C[C@@H]3CCCO3)c2C)cc1. The lowest BCUT2D eigenvalue weighted by atomic mass is 9.95. The second-order valence-corrected chi connectivity index (χ2v) is 7.77. The van der Waals surface area contributed by atoms with Crippen LogP contribution in [0.4, 0.5) is 0 Å². The highest BCUT2D eigenvalue weighted by atomic mass is 16.5. The first-order valence-corrected chi connectivity index (χ1v) is 10.3. The van der Waals surface area contributed by atoms with Crippen LogP contribution in [0.25, 0.3) is 0 Å². The van der Waals surface area contributed by atoms with Gasteiger partial charge in [0.15, 0.2) is 12.4 Å². The van der Waals surface area contributed by atoms with Gasteiger partial charge in [-0.25, -0.2) is 0 Å². The van der Waals surface area contributed by atoms with Crippen LogP contribution in [0.5, 0.6) is 0 Å². The molecule has 0 aliphatic carbocycles. The summed E-state index contributed by atoms with van der Waals surface area (Å²) in [6.45, 7) is 10.7. The third-order valence-corrected chi connectivity index (χ3v) is 5.98. The lowest BCUT2D eigenvalue weighted by Gasteiger charge is -2.14. The molecule has 2 aromatic heterocycles. The summed E-state index contributed by atoms with van der Waals surface area (Å²) in [6.07, 6.45) is 8.91. The molecule has 0 spiro atoms. The second kappa shape index (κ2) is 8.83. The van der Waals surface area contributed by atoms with Crippen LogP contribution in [0.1, 0.15) is 72.8 Å². The van der Waals surface area contributed by atoms with Crippen LogP contribution in [-0.4, -0.2) is 23.1 Å². The molecule has 1 saturated heterocycles. The third-order valence-electron chi connectivity index (χ3n) is 5.98. The largest absolute Gasteiger partial charge is 0.376 e. The van der Waals surface area contributed by atoms with Crippen LogP contribution >= 0.6 is 0 Å². The Morgan fingerprint density at radius 3 is 2.56 bits per heavy atom. The molecule has 0 amide bonds. The molecule has 0 radical (unpaired) electrons. The number of pyridine rings is 1. The Labute approximate surface area is 163 Å². The molecule has 1 aliphatic rings. The minimum atomic E-state index is 0.168. The van der Waals surface area contributed by atoms with E-state index in [0.29, 0.717) is 12.5 Å². The van der Waals surface area contributed by atoms with Crippen molar-refractivity contribution in [3.63, 3.8) is 0 Å². The fourth-order valence-corrected chi connectivity index (χ4v) is 4.21. The highest BCUT2D eigenvalue weighted by molar-refractivity contribution is 5.96. The maximum atomic E-state index is 12.9. The fraction of sp³-hybridized carbons (Fsp3) is 0.565. The summed E-state index contributed by atoms with van der Waals surface area (Å²) >= 11 is 0. The topological polar surface area (TPSA) is 35.1 Å². The van der Waals surface area contributed by atoms with Gasteiger partial charge in [0.2, 0.25) is 12.3 Å². The maximum Gasteiger partial charge on any atom is 0.229 e. The van der Waals surface area contributed by atoms with Gasteiger partial charge < -0.3 is 9.30 Å². The molecule has 1 aliphatic heterocycles. The first-order valence-electron chi connectivity index (χ1n) is 10.3. The molecule has 0 saturated carbocycles. The highest BCUT2D eigenvalue weighted by Gasteiger charge is 2.22. The van der Waals surface area contributed by atoms with Gasteiger partial charge in [-0.1, -0.05) is 13.8 Å². The number of Topliss-reactive ketones (excluding diaryl/α,β-unsaturated/α-hetero) is 1. The van der Waals surface area contributed by atoms with Crippen LogP contribution in [0.15, 0.2) is 30.6 Å². The molecule has 1 atom stereocenters. The predicted octanol–water partition coefficient (Wildman–Crippen LogP) is 4.36. The van der Waals surface area contributed by atoms with Crippen LogP contribution in [0.3, 0.4) is 0 Å². The quantitative estimate of drug-likeness (QED) is 0.512. The number of nitrogens with zero attached hydrogens (tertiary/aromatic N) is 2. The number of carbonyl (C=O) groups excluding carboxylic acids is 1. The lowest BCUT2D eigenvalue weighted by Crippen LogP contribution is -2.37. The molecule has 2 aromatic rings. The van der Waals surface area contributed by atoms with E-state index in [2.05, 4.69) is 44.4 Å². The van der Waals surface area contributed by atoms with E-state index in [1.807, 2.05) is 23.0 Å². The lowest BCUT2D eigenvalue weighted by molar-refractivity contribution is -0.683. The zero-order valence-electron chi connectivity index (χ0n) is 17.2. The average Bonchev–Trinajstić information content (AvgIpc) is 3.28. The van der Waals surface area contributed by atoms with Gasteiger partial charge in [0.05, 0.1) is 6.10 Å². The third kappa shape index (κ3) is 4.49. The van der Waals surface area contributed by atoms with Crippen molar-refractivity contribution >= 4 is 5.78 Å². The van der Waals surface area contributed by atoms with Crippen molar-refractivity contribution in [2.24, 2.45) is 0 Å². The number of aryl methyl sites for hydroxylation is 1. The summed E-state index contributed by atoms with van der Waals surface area (Å²) in [7, 11) is 0. The van der Waals surface area contributed by atoms with Crippen molar-refractivity contribution in [2.45, 2.75) is 78.5 Å². The van der Waals surface area contributed by atoms with Crippen molar-refractivity contribution in [3.8, 4) is 0 Å². The van der Waals surface area contributed by atoms with E-state index in [0.717, 1.165) is 55.8 Å². The molecule has 4 nitrogen and oxygen atoms in total. The molecule has 3 rings (SSSR count). The van der Waals surface area contributed by atoms with E-state index in [9.17, 15) is 4.79 Å². The Morgan fingerprint density at radius 1 is 1.26 bits per heavy atom. The molecule has 0 aromatic carbocycles. The summed E-state index contributed by atoms with van der Waals surface area (Å²) in [6, 6.07) is 6.35. The van der Waals surface area contributed by atoms with Gasteiger partial charge in [-0.15, -0.1) is 0 Å². The van der Waals surface area contributed by atoms with Crippen LogP contribution < -0.4 is 4.57 Å². The standard InChI is InChI=1S/C23H33N2O2/c1-5-19(6-2)20-9-11-24(12-10-20)16-23(26)22-14-17(3)25(18(22)4)15-21-8-7-13-27-21/h9-12,14,19,21H,5-8,13,15-16H2,1-4H3/q+1/t21-/m0/s1. The van der Waals surface area contributed by atoms with Gasteiger partial charge in [-0.3, -0.25) is 4.79 Å². The maximum absolute atomic E-state index is 12.9. The summed E-state index contributed by atoms with van der Waals surface area (Å²) in [5, 5.41) is 0. The molecule has 27 heavy (non-hydrogen) atoms. The summed E-state index contributed by atoms with van der Waals surface area (Å²) < 4.78 is 10.00. The number of ketones is 1. The molecule has 1 fully saturated rings. The zero-order chi connectivity index (χ0) is 19.4. The van der Waals surface area contributed by atoms with Crippen molar-refractivity contribution in [1.29, 1.82) is 0 Å². The minimum Gasteiger partial charge on any atom is -0.376 e. The second-order valence-electron chi connectivity index (χ2n) is 7.77. The summed E-state index contributed by atoms with van der Waals surface area (Å²) in [4.78, 5) is 12.9. The van der Waals surface area contributed by atoms with Gasteiger partial charge in [0.1, 0.15) is 0 Å². The number of rotatable bonds is 8. The van der Waals surface area contributed by atoms with Crippen molar-refractivity contribution in [1.82, 2.24) is 4.57 Å². The first-order chi connectivity index (χ1) is 13.0. The van der Waals surface area contributed by atoms with Gasteiger partial charge in [-0.05, 0) is 57.1 Å². The molecule has 0 unspecified atom stereocenters. The minimum absolute atomic E-state index is 0.168. The summed E-state index contributed by atoms with van der Waals surface area (Å²) in [5.41, 5.74) is 4.39. The molecular weight excluding hydrogens is 336 g/mol. The van der Waals surface area contributed by atoms with Gasteiger partial charge in [0, 0.05) is 42.2 Å². The van der Waals surface area contributed by atoms with E-state index in [-0.39, 0.29) is 11.9 Å². The van der Waals surface area contributed by atoms with Crippen LogP contribution in [0, 0.1) is 13.8 Å². The zero-order valence-corrected chi connectivity index (χ0v) is 17.2. The molecule has 3 heterocycles. The number of hydrogen-bond donors (Lipinski definition) is 0. The number of ether oxygens (including phenoxy) is 1. The van der Waals surface area contributed by atoms with E-state index in [1.54, 1.807) is 0 Å². The Balaban J connectivity index is 1.70. The molecule has 146 valence electrons. The van der Waals surface area contributed by atoms with E-state index in [1.165, 1.54) is 5.56 Å². The Morgan fingerprint density at radius 2 is 1.96 bits per heavy atom. The first kappa shape index (κ1) is 19.8. The van der Waals surface area contributed by atoms with E-state index in [4.69, 9.17) is 4.74 Å². The average molecular weight is 370 g/mol. The molecule has 0 bridgehead atoms. The van der Waals surface area contributed by atoms with E-state index < -0.39 is 0 Å². The fourth-order valence-electron chi connectivity index (χ4n) is 4.21. The molecular formula is C23H33N2O2+. The predicted molar refractivity (Wildman–Crippen MR) is 107 cm³/mol. The molecule has 4 heteroatoms. The van der Waals surface area contributed by atoms with Gasteiger partial charge >= 0.3 is 0 Å². The van der Waals surface area contributed by atoms with Gasteiger partial charge in [0.25, 0.3) is 0 Å². The van der Waals surface area contributed by atoms with Gasteiger partial charge in [-0.2, -0.15) is 4.57 Å². The Kier molecular flexibility index (Phi) is 6.48. The number of aromatic nitrogens is 2. The monoisotopic (exact) mass is 369 g/mol. The van der Waals surface area contributed by atoms with Crippen LogP contribution in [-0.2, 0) is 17.8 Å². The number of hydrogen-bond acceptors (Lipinski definition) is 2. The van der Waals surface area contributed by atoms with Crippen molar-refractivity contribution < 1.29 is 14.1 Å². The smallest absolute Gasteiger partial charge is 0.229 e. The Bertz CT molecular complexity index is 766. The summed E-state index contributed by atoms with van der Waals surface area (Å²) in [5.74, 6) is 0.772. The van der Waals surface area contributed by atoms with Crippen molar-refractivity contribution in [2.75, 3.05) is 6.61 Å². The van der Waals surface area contributed by atoms with Crippen molar-refractivity contribution in [3.05, 3.63) is 53.1 Å². The van der Waals surface area contributed by atoms with Crippen LogP contribution in [0.2, 0.25) is 0 Å². The Hall–Kier alpha value is -1.94. The molecule has 0 N–H and O–H groups in total. The van der Waals surface area contributed by atoms with E-state index >= 15 is 0 Å². The highest BCUT2D eigenvalue weighted by Crippen LogP contribution is 2.22.